The van der Waals surface area contributed by atoms with E-state index < -0.39 is 0 Å². The highest BCUT2D eigenvalue weighted by Gasteiger charge is 2.10. The van der Waals surface area contributed by atoms with Gasteiger partial charge in [0.15, 0.2) is 0 Å². The third kappa shape index (κ3) is 4.10. The summed E-state index contributed by atoms with van der Waals surface area (Å²) in [5.74, 6) is -0.0882. The van der Waals surface area contributed by atoms with Crippen molar-refractivity contribution in [2.75, 3.05) is 11.4 Å². The minimum atomic E-state index is -0.0882. The smallest absolute Gasteiger partial charge is 0.250 e. The number of para-hydroxylation sites is 1. The van der Waals surface area contributed by atoms with E-state index >= 15 is 0 Å². The zero-order chi connectivity index (χ0) is 15.2. The minimum absolute atomic E-state index is 0.0882. The summed E-state index contributed by atoms with van der Waals surface area (Å²) in [5.41, 5.74) is 1.63. The number of rotatable bonds is 4. The van der Waals surface area contributed by atoms with Gasteiger partial charge in [0, 0.05) is 28.4 Å². The van der Waals surface area contributed by atoms with Crippen LogP contribution in [-0.2, 0) is 4.79 Å². The van der Waals surface area contributed by atoms with Gasteiger partial charge in [-0.3, -0.25) is 4.79 Å². The van der Waals surface area contributed by atoms with Crippen molar-refractivity contribution in [3.63, 3.8) is 0 Å². The van der Waals surface area contributed by atoms with Gasteiger partial charge >= 0.3 is 0 Å². The van der Waals surface area contributed by atoms with Crippen LogP contribution in [0.5, 0.6) is 0 Å². The van der Waals surface area contributed by atoms with Gasteiger partial charge in [0.05, 0.1) is 0 Å². The molecule has 0 radical (unpaired) electrons. The first-order valence-electron chi connectivity index (χ1n) is 6.61. The van der Waals surface area contributed by atoms with Gasteiger partial charge in [-0.1, -0.05) is 47.5 Å². The van der Waals surface area contributed by atoms with Crippen LogP contribution in [0.3, 0.4) is 0 Å². The molecule has 0 N–H and O–H groups in total. The first-order chi connectivity index (χ1) is 10.1. The van der Waals surface area contributed by atoms with Crippen LogP contribution in [-0.4, -0.2) is 12.5 Å². The normalized spacial score (nSPS) is 10.8. The molecule has 21 heavy (non-hydrogen) atoms. The molecule has 0 aromatic heterocycles. The van der Waals surface area contributed by atoms with Crippen LogP contribution in [0.15, 0.2) is 54.6 Å². The van der Waals surface area contributed by atoms with Crippen molar-refractivity contribution in [1.29, 1.82) is 0 Å². The van der Waals surface area contributed by atoms with E-state index in [1.807, 2.05) is 37.3 Å². The SMILES string of the molecule is CCN(C(=O)/C=C/c1ccc(Cl)cc1Cl)c1ccccc1. The first kappa shape index (κ1) is 15.6. The Morgan fingerprint density at radius 1 is 1.14 bits per heavy atom. The summed E-state index contributed by atoms with van der Waals surface area (Å²) in [5, 5.41) is 1.09. The highest BCUT2D eigenvalue weighted by atomic mass is 35.5. The monoisotopic (exact) mass is 319 g/mol. The van der Waals surface area contributed by atoms with Crippen molar-refractivity contribution >= 4 is 40.9 Å². The molecule has 0 bridgehead atoms. The lowest BCUT2D eigenvalue weighted by Crippen LogP contribution is -2.28. The van der Waals surface area contributed by atoms with Gasteiger partial charge in [-0.05, 0) is 42.8 Å². The molecule has 0 saturated heterocycles. The third-order valence-corrected chi connectivity index (χ3v) is 3.58. The van der Waals surface area contributed by atoms with E-state index in [0.29, 0.717) is 16.6 Å². The first-order valence-corrected chi connectivity index (χ1v) is 7.37. The van der Waals surface area contributed by atoms with Gasteiger partial charge < -0.3 is 4.90 Å². The van der Waals surface area contributed by atoms with Gasteiger partial charge in [-0.25, -0.2) is 0 Å². The number of nitrogens with zero attached hydrogens (tertiary/aromatic N) is 1. The molecular weight excluding hydrogens is 305 g/mol. The number of benzene rings is 2. The fraction of sp³-hybridized carbons (Fsp3) is 0.118. The van der Waals surface area contributed by atoms with Gasteiger partial charge in [0.2, 0.25) is 0 Å². The Bertz CT molecular complexity index is 653. The van der Waals surface area contributed by atoms with Crippen LogP contribution in [0, 0.1) is 0 Å². The molecule has 108 valence electrons. The summed E-state index contributed by atoms with van der Waals surface area (Å²) in [6.45, 7) is 2.54. The van der Waals surface area contributed by atoms with Gasteiger partial charge in [0.25, 0.3) is 5.91 Å². The van der Waals surface area contributed by atoms with Crippen LogP contribution in [0.1, 0.15) is 12.5 Å². The zero-order valence-corrected chi connectivity index (χ0v) is 13.1. The molecule has 2 aromatic rings. The molecule has 2 rings (SSSR count). The van der Waals surface area contributed by atoms with E-state index in [2.05, 4.69) is 0 Å². The highest BCUT2D eigenvalue weighted by Crippen LogP contribution is 2.22. The predicted octanol–water partition coefficient (Wildman–Crippen LogP) is 5.06. The summed E-state index contributed by atoms with van der Waals surface area (Å²) < 4.78 is 0. The summed E-state index contributed by atoms with van der Waals surface area (Å²) in [6.07, 6.45) is 3.22. The number of likely N-dealkylation sites (N-methyl/N-ethyl adjacent to an activating group) is 1. The van der Waals surface area contributed by atoms with Gasteiger partial charge in [-0.15, -0.1) is 0 Å². The molecule has 0 aliphatic rings. The van der Waals surface area contributed by atoms with Gasteiger partial charge in [-0.2, -0.15) is 0 Å². The van der Waals surface area contributed by atoms with Gasteiger partial charge in [0.1, 0.15) is 0 Å². The lowest BCUT2D eigenvalue weighted by Gasteiger charge is -2.19. The predicted molar refractivity (Wildman–Crippen MR) is 90.0 cm³/mol. The fourth-order valence-corrected chi connectivity index (χ4v) is 2.43. The van der Waals surface area contributed by atoms with Crippen molar-refractivity contribution in [3.8, 4) is 0 Å². The molecule has 0 fully saturated rings. The maximum atomic E-state index is 12.3. The fourth-order valence-electron chi connectivity index (χ4n) is 1.96. The van der Waals surface area contributed by atoms with Crippen LogP contribution in [0.4, 0.5) is 5.69 Å². The molecule has 2 aromatic carbocycles. The van der Waals surface area contributed by atoms with E-state index in [4.69, 9.17) is 23.2 Å². The average Bonchev–Trinajstić information content (AvgIpc) is 2.48. The Labute approximate surface area is 134 Å². The molecule has 1 amide bonds. The molecule has 0 heterocycles. The second kappa shape index (κ2) is 7.30. The van der Waals surface area contributed by atoms with Crippen molar-refractivity contribution in [1.82, 2.24) is 0 Å². The van der Waals surface area contributed by atoms with Crippen LogP contribution < -0.4 is 4.90 Å². The van der Waals surface area contributed by atoms with Crippen LogP contribution >= 0.6 is 23.2 Å². The van der Waals surface area contributed by atoms with E-state index in [9.17, 15) is 4.79 Å². The standard InChI is InChI=1S/C17H15Cl2NO/c1-2-20(15-6-4-3-5-7-15)17(21)11-9-13-8-10-14(18)12-16(13)19/h3-12H,2H2,1H3/b11-9+. The van der Waals surface area contributed by atoms with Crippen molar-refractivity contribution in [2.45, 2.75) is 6.92 Å². The molecule has 0 unspecified atom stereocenters. The Hall–Kier alpha value is -1.77. The molecular formula is C17H15Cl2NO. The molecule has 2 nitrogen and oxygen atoms in total. The number of hydrogen-bond donors (Lipinski definition) is 0. The Kier molecular flexibility index (Phi) is 5.43. The number of anilines is 1. The second-order valence-corrected chi connectivity index (χ2v) is 5.26. The summed E-state index contributed by atoms with van der Waals surface area (Å²) in [7, 11) is 0. The minimum Gasteiger partial charge on any atom is -0.309 e. The van der Waals surface area contributed by atoms with Crippen molar-refractivity contribution in [2.24, 2.45) is 0 Å². The average molecular weight is 320 g/mol. The molecule has 0 saturated carbocycles. The lowest BCUT2D eigenvalue weighted by atomic mass is 10.2. The number of hydrogen-bond acceptors (Lipinski definition) is 1. The third-order valence-electron chi connectivity index (χ3n) is 3.02. The number of carbonyl (C=O) groups excluding carboxylic acids is 1. The van der Waals surface area contributed by atoms with E-state index in [1.165, 1.54) is 6.08 Å². The maximum absolute atomic E-state index is 12.3. The molecule has 0 aliphatic heterocycles. The van der Waals surface area contributed by atoms with E-state index in [1.54, 1.807) is 29.2 Å². The number of halogens is 2. The second-order valence-electron chi connectivity index (χ2n) is 4.42. The summed E-state index contributed by atoms with van der Waals surface area (Å²) in [4.78, 5) is 14.0. The topological polar surface area (TPSA) is 20.3 Å². The largest absolute Gasteiger partial charge is 0.309 e. The summed E-state index contributed by atoms with van der Waals surface area (Å²) >= 11 is 11.9. The van der Waals surface area contributed by atoms with Crippen molar-refractivity contribution in [3.05, 3.63) is 70.2 Å². The molecule has 0 atom stereocenters. The Balaban J connectivity index is 2.18. The molecule has 0 spiro atoms. The molecule has 0 aliphatic carbocycles. The summed E-state index contributed by atoms with van der Waals surface area (Å²) in [6, 6.07) is 14.7. The zero-order valence-electron chi connectivity index (χ0n) is 11.6. The Morgan fingerprint density at radius 3 is 2.48 bits per heavy atom. The van der Waals surface area contributed by atoms with Crippen molar-refractivity contribution < 1.29 is 4.79 Å². The maximum Gasteiger partial charge on any atom is 0.250 e. The highest BCUT2D eigenvalue weighted by molar-refractivity contribution is 6.35. The van der Waals surface area contributed by atoms with Crippen LogP contribution in [0.2, 0.25) is 10.0 Å². The quantitative estimate of drug-likeness (QED) is 0.721. The number of amides is 1. The van der Waals surface area contributed by atoms with E-state index in [-0.39, 0.29) is 5.91 Å². The van der Waals surface area contributed by atoms with Crippen LogP contribution in [0.25, 0.3) is 6.08 Å². The lowest BCUT2D eigenvalue weighted by molar-refractivity contribution is -0.114. The van der Waals surface area contributed by atoms with E-state index in [0.717, 1.165) is 11.3 Å². The molecule has 4 heteroatoms. The number of carbonyl (C=O) groups is 1. The Morgan fingerprint density at radius 2 is 1.86 bits per heavy atom.